The van der Waals surface area contributed by atoms with E-state index in [9.17, 15) is 8.78 Å². The predicted molar refractivity (Wildman–Crippen MR) is 112 cm³/mol. The summed E-state index contributed by atoms with van der Waals surface area (Å²) < 4.78 is 35.1. The van der Waals surface area contributed by atoms with Crippen LogP contribution >= 0.6 is 22.6 Å². The van der Waals surface area contributed by atoms with Gasteiger partial charge in [-0.15, -0.1) is 0 Å². The molecule has 3 aromatic rings. The van der Waals surface area contributed by atoms with Crippen LogP contribution in [0.1, 0.15) is 0 Å². The third-order valence-corrected chi connectivity index (χ3v) is 6.32. The summed E-state index contributed by atoms with van der Waals surface area (Å²) in [5.74, 6) is -1.21. The molecule has 0 saturated carbocycles. The number of hydrogen-bond donors (Lipinski definition) is 1. The van der Waals surface area contributed by atoms with Gasteiger partial charge in [0.1, 0.15) is 22.1 Å². The van der Waals surface area contributed by atoms with Crippen molar-refractivity contribution in [2.24, 2.45) is 0 Å². The Bertz CT molecular complexity index is 960. The van der Waals surface area contributed by atoms with E-state index in [2.05, 4.69) is 62.6 Å². The Balaban J connectivity index is 1.79. The third-order valence-electron chi connectivity index (χ3n) is 3.81. The second kappa shape index (κ2) is 8.15. The summed E-state index contributed by atoms with van der Waals surface area (Å²) in [4.78, 5) is 8.21. The molecule has 0 aliphatic heterocycles. The lowest BCUT2D eigenvalue weighted by Crippen LogP contribution is -2.22. The van der Waals surface area contributed by atoms with Gasteiger partial charge in [0.05, 0.1) is 11.6 Å². The van der Waals surface area contributed by atoms with Crippen molar-refractivity contribution >= 4 is 53.3 Å². The zero-order valence-electron chi connectivity index (χ0n) is 15.3. The highest BCUT2D eigenvalue weighted by atomic mass is 127. The molecule has 10 heteroatoms. The van der Waals surface area contributed by atoms with E-state index in [1.54, 1.807) is 10.7 Å². The molecule has 1 N–H and O–H groups in total. The number of hydrogen-bond acceptors (Lipinski definition) is 5. The summed E-state index contributed by atoms with van der Waals surface area (Å²) in [6.07, 6.45) is 0.948. The minimum atomic E-state index is -1.16. The first-order chi connectivity index (χ1) is 12.7. The van der Waals surface area contributed by atoms with E-state index in [1.807, 2.05) is 6.07 Å². The molecule has 0 aliphatic carbocycles. The number of nitrogens with zero attached hydrogens (tertiary/aromatic N) is 4. The molecule has 27 heavy (non-hydrogen) atoms. The fourth-order valence-corrected chi connectivity index (χ4v) is 3.77. The van der Waals surface area contributed by atoms with Crippen molar-refractivity contribution in [3.8, 4) is 0 Å². The van der Waals surface area contributed by atoms with E-state index in [1.165, 1.54) is 0 Å². The van der Waals surface area contributed by atoms with Crippen LogP contribution in [-0.2, 0) is 11.5 Å². The largest absolute Gasteiger partial charge is 0.359 e. The Hall–Kier alpha value is -1.66. The number of pyridine rings is 2. The lowest BCUT2D eigenvalue weighted by molar-refractivity contribution is 0.0810. The van der Waals surface area contributed by atoms with Gasteiger partial charge in [-0.3, -0.25) is 0 Å². The minimum Gasteiger partial charge on any atom is -0.359 e. The van der Waals surface area contributed by atoms with E-state index in [0.717, 1.165) is 27.4 Å². The Kier molecular flexibility index (Phi) is 6.06. The van der Waals surface area contributed by atoms with Gasteiger partial charge in [-0.2, -0.15) is 5.10 Å². The number of aromatic nitrogens is 4. The van der Waals surface area contributed by atoms with Crippen LogP contribution in [0.4, 0.5) is 20.4 Å². The predicted octanol–water partition coefficient (Wildman–Crippen LogP) is 4.77. The van der Waals surface area contributed by atoms with Crippen LogP contribution in [0, 0.1) is 15.3 Å². The Morgan fingerprint density at radius 1 is 1.26 bits per heavy atom. The first-order valence-corrected chi connectivity index (χ1v) is 13.2. The molecular formula is C17H20F2IN5OSi. The summed E-state index contributed by atoms with van der Waals surface area (Å²) in [5, 5.41) is 8.11. The van der Waals surface area contributed by atoms with Crippen molar-refractivity contribution < 1.29 is 13.5 Å². The average molecular weight is 503 g/mol. The highest BCUT2D eigenvalue weighted by Gasteiger charge is 2.14. The molecule has 0 saturated heterocycles. The van der Waals surface area contributed by atoms with Crippen molar-refractivity contribution in [3.05, 3.63) is 39.7 Å². The van der Waals surface area contributed by atoms with Gasteiger partial charge in [0.2, 0.25) is 0 Å². The highest BCUT2D eigenvalue weighted by molar-refractivity contribution is 14.1. The molecule has 0 amide bonds. The normalized spacial score (nSPS) is 11.9. The molecule has 3 heterocycles. The molecule has 0 fully saturated rings. The molecule has 144 valence electrons. The molecule has 0 bridgehead atoms. The topological polar surface area (TPSA) is 64.9 Å². The number of ether oxygens (including phenoxy) is 1. The van der Waals surface area contributed by atoms with E-state index in [4.69, 9.17) is 4.74 Å². The monoisotopic (exact) mass is 503 g/mol. The van der Waals surface area contributed by atoms with Crippen molar-refractivity contribution in [2.75, 3.05) is 11.9 Å². The first kappa shape index (κ1) is 20.1. The molecule has 3 rings (SSSR count). The number of rotatable bonds is 7. The second-order valence-corrected chi connectivity index (χ2v) is 14.0. The maximum atomic E-state index is 13.8. The third kappa shape index (κ3) is 5.20. The highest BCUT2D eigenvalue weighted by Crippen LogP contribution is 2.23. The molecule has 3 aromatic heterocycles. The van der Waals surface area contributed by atoms with Gasteiger partial charge >= 0.3 is 0 Å². The fraction of sp³-hybridized carbons (Fsp3) is 0.353. The molecule has 0 spiro atoms. The van der Waals surface area contributed by atoms with E-state index in [0.29, 0.717) is 24.8 Å². The van der Waals surface area contributed by atoms with E-state index >= 15 is 0 Å². The lowest BCUT2D eigenvalue weighted by atomic mass is 10.3. The van der Waals surface area contributed by atoms with Gasteiger partial charge in [-0.25, -0.2) is 23.4 Å². The fourth-order valence-electron chi connectivity index (χ4n) is 2.33. The summed E-state index contributed by atoms with van der Waals surface area (Å²) in [6.45, 7) is 7.86. The van der Waals surface area contributed by atoms with Gasteiger partial charge in [-0.05, 0) is 40.8 Å². The smallest absolute Gasteiger partial charge is 0.168 e. The van der Waals surface area contributed by atoms with Gasteiger partial charge in [-0.1, -0.05) is 19.6 Å². The molecule has 0 atom stereocenters. The summed E-state index contributed by atoms with van der Waals surface area (Å²) in [6, 6.07) is 5.39. The number of nitrogens with one attached hydrogen (secondary N) is 1. The molecule has 6 nitrogen and oxygen atoms in total. The summed E-state index contributed by atoms with van der Waals surface area (Å²) in [5.41, 5.74) is 0.625. The summed E-state index contributed by atoms with van der Waals surface area (Å²) in [7, 11) is -1.16. The van der Waals surface area contributed by atoms with Crippen molar-refractivity contribution in [1.82, 2.24) is 19.7 Å². The van der Waals surface area contributed by atoms with Crippen LogP contribution in [0.25, 0.3) is 11.0 Å². The molecule has 0 aliphatic rings. The SMILES string of the molecule is C[Si](C)(C)CCOCn1nc(I)c2ccc(Nc3ncc(F)cc3F)nc21. The van der Waals surface area contributed by atoms with Crippen molar-refractivity contribution in [1.29, 1.82) is 0 Å². The zero-order chi connectivity index (χ0) is 19.6. The van der Waals surface area contributed by atoms with E-state index in [-0.39, 0.29) is 5.82 Å². The summed E-state index contributed by atoms with van der Waals surface area (Å²) >= 11 is 2.14. The Labute approximate surface area is 170 Å². The minimum absolute atomic E-state index is 0.0876. The lowest BCUT2D eigenvalue weighted by Gasteiger charge is -2.15. The molecule has 0 radical (unpaired) electrons. The molecule has 0 unspecified atom stereocenters. The first-order valence-electron chi connectivity index (χ1n) is 8.42. The molecular weight excluding hydrogens is 483 g/mol. The van der Waals surface area contributed by atoms with Crippen LogP contribution < -0.4 is 5.32 Å². The van der Waals surface area contributed by atoms with Crippen LogP contribution in [0.15, 0.2) is 24.4 Å². The molecule has 0 aromatic carbocycles. The second-order valence-electron chi connectivity index (χ2n) is 7.31. The van der Waals surface area contributed by atoms with Crippen LogP contribution in [-0.4, -0.2) is 34.4 Å². The average Bonchev–Trinajstić information content (AvgIpc) is 2.89. The number of anilines is 2. The number of fused-ring (bicyclic) bond motifs is 1. The van der Waals surface area contributed by atoms with Crippen molar-refractivity contribution in [3.63, 3.8) is 0 Å². The van der Waals surface area contributed by atoms with Gasteiger partial charge in [0, 0.05) is 20.7 Å². The Morgan fingerprint density at radius 3 is 2.74 bits per heavy atom. The quantitative estimate of drug-likeness (QED) is 0.286. The van der Waals surface area contributed by atoms with Crippen LogP contribution in [0.5, 0.6) is 0 Å². The maximum Gasteiger partial charge on any atom is 0.168 e. The Morgan fingerprint density at radius 2 is 2.04 bits per heavy atom. The zero-order valence-corrected chi connectivity index (χ0v) is 18.4. The number of halogens is 3. The van der Waals surface area contributed by atoms with Crippen LogP contribution in [0.2, 0.25) is 25.7 Å². The van der Waals surface area contributed by atoms with E-state index < -0.39 is 19.7 Å². The van der Waals surface area contributed by atoms with Gasteiger partial charge < -0.3 is 10.1 Å². The standard InChI is InChI=1S/C17H20F2IN5OSi/c1-27(2,3)7-6-26-10-25-17-12(15(20)24-25)4-5-14(23-17)22-16-13(19)8-11(18)9-21-16/h4-5,8-9H,6-7,10H2,1-3H3,(H,21,22,23). The van der Waals surface area contributed by atoms with Gasteiger partial charge in [0.25, 0.3) is 0 Å². The maximum absolute atomic E-state index is 13.8. The van der Waals surface area contributed by atoms with Crippen molar-refractivity contribution in [2.45, 2.75) is 32.4 Å². The van der Waals surface area contributed by atoms with Gasteiger partial charge in [0.15, 0.2) is 17.3 Å². The van der Waals surface area contributed by atoms with Crippen LogP contribution in [0.3, 0.4) is 0 Å².